The minimum Gasteiger partial charge on any atom is -0.507 e. The van der Waals surface area contributed by atoms with E-state index in [0.29, 0.717) is 12.8 Å². The minimum atomic E-state index is -1.06. The van der Waals surface area contributed by atoms with Crippen LogP contribution in [-0.2, 0) is 11.2 Å². The van der Waals surface area contributed by atoms with Crippen molar-refractivity contribution in [2.45, 2.75) is 90.4 Å². The van der Waals surface area contributed by atoms with Crippen LogP contribution in [0.4, 0.5) is 0 Å². The fourth-order valence-electron chi connectivity index (χ4n) is 3.40. The van der Waals surface area contributed by atoms with Gasteiger partial charge in [0, 0.05) is 6.42 Å². The molecule has 0 aliphatic carbocycles. The van der Waals surface area contributed by atoms with Gasteiger partial charge in [0.1, 0.15) is 11.3 Å². The van der Waals surface area contributed by atoms with Gasteiger partial charge in [-0.2, -0.15) is 0 Å². The van der Waals surface area contributed by atoms with E-state index in [1.807, 2.05) is 13.0 Å². The Bertz CT molecular complexity index is 619. The lowest BCUT2D eigenvalue weighted by atomic mass is 9.99. The van der Waals surface area contributed by atoms with E-state index in [9.17, 15) is 19.8 Å². The summed E-state index contributed by atoms with van der Waals surface area (Å²) in [6.07, 6.45) is 17.6. The number of hydrogen-bond acceptors (Lipinski definition) is 3. The van der Waals surface area contributed by atoms with Crippen molar-refractivity contribution in [2.24, 2.45) is 0 Å². The minimum absolute atomic E-state index is 0.0482. The van der Waals surface area contributed by atoms with Gasteiger partial charge in [-0.1, -0.05) is 70.1 Å². The molecule has 1 aromatic rings. The molecule has 0 unspecified atom stereocenters. The summed E-state index contributed by atoms with van der Waals surface area (Å²) in [6, 6.07) is 4.92. The summed E-state index contributed by atoms with van der Waals surface area (Å²) in [4.78, 5) is 22.6. The molecule has 0 bridgehead atoms. The fourth-order valence-corrected chi connectivity index (χ4v) is 3.40. The quantitative estimate of drug-likeness (QED) is 0.252. The lowest BCUT2D eigenvalue weighted by Crippen LogP contribution is -2.03. The third-order valence-corrected chi connectivity index (χ3v) is 4.96. The van der Waals surface area contributed by atoms with Gasteiger partial charge in [0.2, 0.25) is 0 Å². The highest BCUT2D eigenvalue weighted by Crippen LogP contribution is 2.23. The molecular formula is C24H36O4. The van der Waals surface area contributed by atoms with Crippen LogP contribution in [0, 0.1) is 0 Å². The van der Waals surface area contributed by atoms with Crippen molar-refractivity contribution in [3.63, 3.8) is 0 Å². The molecular weight excluding hydrogens is 352 g/mol. The van der Waals surface area contributed by atoms with Gasteiger partial charge in [-0.3, -0.25) is 4.79 Å². The average molecular weight is 389 g/mol. The number of aromatic hydroxyl groups is 1. The number of carboxylic acids is 1. The number of aromatic carboxylic acids is 1. The van der Waals surface area contributed by atoms with Crippen LogP contribution in [-0.4, -0.2) is 22.0 Å². The monoisotopic (exact) mass is 388 g/mol. The van der Waals surface area contributed by atoms with Crippen molar-refractivity contribution < 1.29 is 19.8 Å². The van der Waals surface area contributed by atoms with Gasteiger partial charge in [-0.05, 0) is 49.8 Å². The lowest BCUT2D eigenvalue weighted by Gasteiger charge is -2.08. The van der Waals surface area contributed by atoms with E-state index < -0.39 is 5.97 Å². The molecule has 0 aliphatic heterocycles. The Hall–Kier alpha value is -2.10. The maximum absolute atomic E-state index is 11.3. The van der Waals surface area contributed by atoms with Crippen molar-refractivity contribution in [3.8, 4) is 5.75 Å². The van der Waals surface area contributed by atoms with Crippen molar-refractivity contribution >= 4 is 11.8 Å². The molecule has 4 nitrogen and oxygen atoms in total. The van der Waals surface area contributed by atoms with Crippen LogP contribution in [0.1, 0.15) is 99.9 Å². The van der Waals surface area contributed by atoms with Crippen LogP contribution in [0.15, 0.2) is 30.4 Å². The van der Waals surface area contributed by atoms with E-state index >= 15 is 0 Å². The van der Waals surface area contributed by atoms with Gasteiger partial charge < -0.3 is 10.2 Å². The molecule has 0 aliphatic rings. The number of hydrogen-bond donors (Lipinski definition) is 2. The number of unbranched alkanes of at least 4 members (excludes halogenated alkanes) is 9. The second kappa shape index (κ2) is 14.9. The first-order chi connectivity index (χ1) is 13.6. The van der Waals surface area contributed by atoms with Crippen molar-refractivity contribution in [3.05, 3.63) is 41.5 Å². The third kappa shape index (κ3) is 10.3. The maximum atomic E-state index is 11.3. The summed E-state index contributed by atoms with van der Waals surface area (Å²) in [6.45, 7) is 2.02. The zero-order chi connectivity index (χ0) is 20.6. The molecule has 156 valence electrons. The first-order valence-electron chi connectivity index (χ1n) is 10.8. The Balaban J connectivity index is 2.00. The Morgan fingerprint density at radius 1 is 0.929 bits per heavy atom. The van der Waals surface area contributed by atoms with Gasteiger partial charge in [-0.15, -0.1) is 0 Å². The molecule has 28 heavy (non-hydrogen) atoms. The Labute approximate surface area is 169 Å². The molecule has 0 atom stereocenters. The summed E-state index contributed by atoms with van der Waals surface area (Å²) in [5.41, 5.74) is 0.769. The van der Waals surface area contributed by atoms with E-state index in [1.54, 1.807) is 18.2 Å². The lowest BCUT2D eigenvalue weighted by molar-refractivity contribution is -0.114. The van der Waals surface area contributed by atoms with Crippen LogP contribution in [0.2, 0.25) is 0 Å². The number of benzene rings is 1. The second-order valence-electron chi connectivity index (χ2n) is 7.46. The van der Waals surface area contributed by atoms with E-state index in [2.05, 4.69) is 0 Å². The number of carbonyl (C=O) groups excluding carboxylic acids is 1. The molecule has 1 aromatic carbocycles. The molecule has 4 heteroatoms. The van der Waals surface area contributed by atoms with Gasteiger partial charge in [-0.25, -0.2) is 4.79 Å². The maximum Gasteiger partial charge on any atom is 0.339 e. The normalized spacial score (nSPS) is 11.2. The van der Waals surface area contributed by atoms with Crippen LogP contribution in [0.5, 0.6) is 5.75 Å². The van der Waals surface area contributed by atoms with Gasteiger partial charge in [0.05, 0.1) is 0 Å². The van der Waals surface area contributed by atoms with Crippen molar-refractivity contribution in [1.82, 2.24) is 0 Å². The average Bonchev–Trinajstić information content (AvgIpc) is 2.65. The predicted octanol–water partition coefficient (Wildman–Crippen LogP) is 6.46. The summed E-state index contributed by atoms with van der Waals surface area (Å²) in [7, 11) is 0. The van der Waals surface area contributed by atoms with Gasteiger partial charge >= 0.3 is 5.97 Å². The summed E-state index contributed by atoms with van der Waals surface area (Å²) in [5.74, 6) is -0.963. The summed E-state index contributed by atoms with van der Waals surface area (Å²) < 4.78 is 0. The molecule has 0 heterocycles. The van der Waals surface area contributed by atoms with Crippen LogP contribution in [0.25, 0.3) is 0 Å². The highest BCUT2D eigenvalue weighted by molar-refractivity contribution is 5.92. The molecule has 0 saturated carbocycles. The first kappa shape index (κ1) is 23.9. The smallest absolute Gasteiger partial charge is 0.339 e. The second-order valence-corrected chi connectivity index (χ2v) is 7.46. The first-order valence-corrected chi connectivity index (χ1v) is 10.8. The predicted molar refractivity (Wildman–Crippen MR) is 114 cm³/mol. The Kier molecular flexibility index (Phi) is 12.7. The number of carboxylic acid groups (broad SMARTS) is 1. The van der Waals surface area contributed by atoms with Crippen LogP contribution < -0.4 is 0 Å². The van der Waals surface area contributed by atoms with E-state index in [1.165, 1.54) is 44.6 Å². The number of rotatable bonds is 16. The zero-order valence-corrected chi connectivity index (χ0v) is 17.3. The Morgan fingerprint density at radius 3 is 2.14 bits per heavy atom. The number of aryl methyl sites for hydroxylation is 1. The fraction of sp³-hybridized carbons (Fsp3) is 0.583. The number of ketones is 1. The highest BCUT2D eigenvalue weighted by Gasteiger charge is 2.14. The zero-order valence-electron chi connectivity index (χ0n) is 17.3. The molecule has 0 fully saturated rings. The highest BCUT2D eigenvalue weighted by atomic mass is 16.4. The molecule has 0 saturated heterocycles. The standard InChI is InChI=1S/C24H36O4/c1-2-15-21(25)18-13-11-9-7-5-3-4-6-8-10-12-16-20-17-14-19-22(26)23(20)24(27)28/h13-14,17-19,26H,2-12,15-16H2,1H3,(H,27,28)/b18-13+. The Morgan fingerprint density at radius 2 is 1.54 bits per heavy atom. The SMILES string of the molecule is CCCC(=O)/C=C/CCCCCCCCCCCc1cccc(O)c1C(=O)O. The summed E-state index contributed by atoms with van der Waals surface area (Å²) in [5, 5.41) is 18.9. The van der Waals surface area contributed by atoms with Gasteiger partial charge in [0.25, 0.3) is 0 Å². The molecule has 1 rings (SSSR count). The molecule has 0 aromatic heterocycles. The largest absolute Gasteiger partial charge is 0.507 e. The van der Waals surface area contributed by atoms with E-state index in [4.69, 9.17) is 0 Å². The molecule has 0 spiro atoms. The van der Waals surface area contributed by atoms with Crippen molar-refractivity contribution in [2.75, 3.05) is 0 Å². The van der Waals surface area contributed by atoms with E-state index in [0.717, 1.165) is 37.7 Å². The summed E-state index contributed by atoms with van der Waals surface area (Å²) >= 11 is 0. The third-order valence-electron chi connectivity index (χ3n) is 4.96. The molecule has 0 amide bonds. The molecule has 0 radical (unpaired) electrons. The number of allylic oxidation sites excluding steroid dienone is 2. The van der Waals surface area contributed by atoms with Crippen LogP contribution in [0.3, 0.4) is 0 Å². The number of carbonyl (C=O) groups is 2. The van der Waals surface area contributed by atoms with E-state index in [-0.39, 0.29) is 17.1 Å². The molecule has 2 N–H and O–H groups in total. The topological polar surface area (TPSA) is 74.6 Å². The van der Waals surface area contributed by atoms with Crippen molar-refractivity contribution in [1.29, 1.82) is 0 Å². The van der Waals surface area contributed by atoms with Gasteiger partial charge in [0.15, 0.2) is 5.78 Å². The van der Waals surface area contributed by atoms with Crippen LogP contribution >= 0.6 is 0 Å². The number of phenols is 1.